The maximum absolute atomic E-state index is 12.3. The Morgan fingerprint density at radius 2 is 1.91 bits per heavy atom. The number of aliphatic carboxylic acids is 1. The molecule has 0 aliphatic rings. The van der Waals surface area contributed by atoms with Gasteiger partial charge in [0.15, 0.2) is 0 Å². The molecule has 2 N–H and O–H groups in total. The molecule has 0 heterocycles. The molecule has 1 unspecified atom stereocenters. The van der Waals surface area contributed by atoms with E-state index in [9.17, 15) is 14.4 Å². The summed E-state index contributed by atoms with van der Waals surface area (Å²) >= 11 is 0. The number of aromatic carboxylic acids is 1. The number of unbranched alkanes of at least 4 members (excludes halogenated alkanes) is 1. The van der Waals surface area contributed by atoms with Gasteiger partial charge in [0.2, 0.25) is 5.91 Å². The lowest BCUT2D eigenvalue weighted by atomic mass is 10.1. The van der Waals surface area contributed by atoms with Crippen molar-refractivity contribution in [2.45, 2.75) is 33.1 Å². The van der Waals surface area contributed by atoms with Gasteiger partial charge in [0, 0.05) is 18.7 Å². The predicted octanol–water partition coefficient (Wildman–Crippen LogP) is 2.63. The summed E-state index contributed by atoms with van der Waals surface area (Å²) in [4.78, 5) is 35.8. The number of hydrogen-bond donors (Lipinski definition) is 2. The Balaban J connectivity index is 3.07. The smallest absolute Gasteiger partial charge is 0.335 e. The molecule has 0 aliphatic carbocycles. The monoisotopic (exact) mass is 307 g/mol. The van der Waals surface area contributed by atoms with Gasteiger partial charge in [-0.05, 0) is 24.6 Å². The van der Waals surface area contributed by atoms with Crippen molar-refractivity contribution >= 4 is 23.5 Å². The number of hydrogen-bond acceptors (Lipinski definition) is 3. The second kappa shape index (κ2) is 8.17. The van der Waals surface area contributed by atoms with Crippen LogP contribution in [0.15, 0.2) is 24.3 Å². The van der Waals surface area contributed by atoms with Gasteiger partial charge in [-0.1, -0.05) is 26.3 Å². The number of amides is 1. The van der Waals surface area contributed by atoms with Gasteiger partial charge in [0.05, 0.1) is 11.5 Å². The normalized spacial score (nSPS) is 11.7. The average molecular weight is 307 g/mol. The molecule has 6 heteroatoms. The van der Waals surface area contributed by atoms with Crippen LogP contribution < -0.4 is 4.90 Å². The first kappa shape index (κ1) is 17.7. The largest absolute Gasteiger partial charge is 0.481 e. The minimum absolute atomic E-state index is 0.0148. The molecule has 0 aromatic heterocycles. The molecule has 22 heavy (non-hydrogen) atoms. The molecule has 6 nitrogen and oxygen atoms in total. The first-order valence-electron chi connectivity index (χ1n) is 7.23. The van der Waals surface area contributed by atoms with Crippen LogP contribution in [-0.4, -0.2) is 34.6 Å². The van der Waals surface area contributed by atoms with Gasteiger partial charge >= 0.3 is 11.9 Å². The van der Waals surface area contributed by atoms with Crippen LogP contribution in [0.1, 0.15) is 43.5 Å². The average Bonchev–Trinajstić information content (AvgIpc) is 2.49. The third-order valence-electron chi connectivity index (χ3n) is 3.33. The number of nitrogens with zero attached hydrogens (tertiary/aromatic N) is 1. The molecule has 0 radical (unpaired) electrons. The van der Waals surface area contributed by atoms with E-state index in [2.05, 4.69) is 0 Å². The van der Waals surface area contributed by atoms with E-state index in [1.54, 1.807) is 12.1 Å². The summed E-state index contributed by atoms with van der Waals surface area (Å²) in [7, 11) is 0. The number of anilines is 1. The van der Waals surface area contributed by atoms with Gasteiger partial charge < -0.3 is 15.1 Å². The summed E-state index contributed by atoms with van der Waals surface area (Å²) in [6, 6.07) is 5.98. The zero-order valence-corrected chi connectivity index (χ0v) is 12.8. The van der Waals surface area contributed by atoms with Crippen LogP contribution in [0.2, 0.25) is 0 Å². The number of rotatable bonds is 8. The van der Waals surface area contributed by atoms with Gasteiger partial charge in [0.1, 0.15) is 0 Å². The predicted molar refractivity (Wildman–Crippen MR) is 82.1 cm³/mol. The molecule has 1 aromatic carbocycles. The Morgan fingerprint density at radius 3 is 2.45 bits per heavy atom. The van der Waals surface area contributed by atoms with Gasteiger partial charge in [-0.2, -0.15) is 0 Å². The van der Waals surface area contributed by atoms with Crippen molar-refractivity contribution in [1.82, 2.24) is 0 Å². The van der Waals surface area contributed by atoms with E-state index < -0.39 is 17.9 Å². The second-order valence-electron chi connectivity index (χ2n) is 5.20. The molecule has 0 saturated heterocycles. The summed E-state index contributed by atoms with van der Waals surface area (Å²) in [5.41, 5.74) is 0.475. The number of carboxylic acids is 2. The molecule has 1 atom stereocenters. The SMILES string of the molecule is CCCCC(=O)N(CC(C)C(=O)O)c1cccc(C(=O)O)c1. The summed E-state index contributed by atoms with van der Waals surface area (Å²) in [6.45, 7) is 3.49. The fourth-order valence-electron chi connectivity index (χ4n) is 1.97. The lowest BCUT2D eigenvalue weighted by molar-refractivity contribution is -0.140. The molecular weight excluding hydrogens is 286 g/mol. The zero-order valence-electron chi connectivity index (χ0n) is 12.8. The van der Waals surface area contributed by atoms with Crippen molar-refractivity contribution in [1.29, 1.82) is 0 Å². The van der Waals surface area contributed by atoms with E-state index in [0.29, 0.717) is 18.5 Å². The highest BCUT2D eigenvalue weighted by Gasteiger charge is 2.22. The summed E-state index contributed by atoms with van der Waals surface area (Å²) in [6.07, 6.45) is 1.86. The van der Waals surface area contributed by atoms with E-state index in [-0.39, 0.29) is 18.0 Å². The Bertz CT molecular complexity index is 555. The molecule has 120 valence electrons. The van der Waals surface area contributed by atoms with Crippen LogP contribution in [0, 0.1) is 5.92 Å². The highest BCUT2D eigenvalue weighted by Crippen LogP contribution is 2.20. The van der Waals surface area contributed by atoms with Gasteiger partial charge in [-0.15, -0.1) is 0 Å². The molecular formula is C16H21NO5. The minimum Gasteiger partial charge on any atom is -0.481 e. The highest BCUT2D eigenvalue weighted by atomic mass is 16.4. The number of carbonyl (C=O) groups excluding carboxylic acids is 1. The third kappa shape index (κ3) is 4.87. The lowest BCUT2D eigenvalue weighted by Gasteiger charge is -2.25. The highest BCUT2D eigenvalue weighted by molar-refractivity contribution is 5.96. The fourth-order valence-corrected chi connectivity index (χ4v) is 1.97. The van der Waals surface area contributed by atoms with Gasteiger partial charge in [-0.25, -0.2) is 4.79 Å². The van der Waals surface area contributed by atoms with Crippen molar-refractivity contribution in [3.63, 3.8) is 0 Å². The van der Waals surface area contributed by atoms with Crippen LogP contribution in [0.5, 0.6) is 0 Å². The Labute approximate surface area is 129 Å². The van der Waals surface area contributed by atoms with Gasteiger partial charge in [0.25, 0.3) is 0 Å². The van der Waals surface area contributed by atoms with Crippen LogP contribution in [0.25, 0.3) is 0 Å². The Morgan fingerprint density at radius 1 is 1.23 bits per heavy atom. The fraction of sp³-hybridized carbons (Fsp3) is 0.438. The molecule has 1 aromatic rings. The Hall–Kier alpha value is -2.37. The first-order valence-corrected chi connectivity index (χ1v) is 7.23. The van der Waals surface area contributed by atoms with E-state index >= 15 is 0 Å². The maximum atomic E-state index is 12.3. The van der Waals surface area contributed by atoms with Crippen molar-refractivity contribution in [2.75, 3.05) is 11.4 Å². The summed E-state index contributed by atoms with van der Waals surface area (Å²) < 4.78 is 0. The molecule has 1 amide bonds. The zero-order chi connectivity index (χ0) is 16.7. The number of carbonyl (C=O) groups is 3. The van der Waals surface area contributed by atoms with Crippen molar-refractivity contribution in [3.8, 4) is 0 Å². The lowest BCUT2D eigenvalue weighted by Crippen LogP contribution is -2.37. The van der Waals surface area contributed by atoms with E-state index in [1.807, 2.05) is 6.92 Å². The standard InChI is InChI=1S/C16H21NO5/c1-3-4-8-14(18)17(10-11(2)15(19)20)13-7-5-6-12(9-13)16(21)22/h5-7,9,11H,3-4,8,10H2,1-2H3,(H,19,20)(H,21,22). The molecule has 0 bridgehead atoms. The van der Waals surface area contributed by atoms with Crippen LogP contribution in [-0.2, 0) is 9.59 Å². The quantitative estimate of drug-likeness (QED) is 0.769. The van der Waals surface area contributed by atoms with E-state index in [4.69, 9.17) is 10.2 Å². The maximum Gasteiger partial charge on any atom is 0.335 e. The minimum atomic E-state index is -1.09. The van der Waals surface area contributed by atoms with Crippen LogP contribution in [0.3, 0.4) is 0 Å². The second-order valence-corrected chi connectivity index (χ2v) is 5.20. The topological polar surface area (TPSA) is 94.9 Å². The van der Waals surface area contributed by atoms with Crippen molar-refractivity contribution in [3.05, 3.63) is 29.8 Å². The van der Waals surface area contributed by atoms with Crippen molar-refractivity contribution in [2.24, 2.45) is 5.92 Å². The molecule has 0 saturated carbocycles. The summed E-state index contributed by atoms with van der Waals surface area (Å²) in [5, 5.41) is 18.1. The first-order chi connectivity index (χ1) is 10.4. The third-order valence-corrected chi connectivity index (χ3v) is 3.33. The van der Waals surface area contributed by atoms with Crippen LogP contribution >= 0.6 is 0 Å². The Kier molecular flexibility index (Phi) is 6.56. The number of carboxylic acid groups (broad SMARTS) is 2. The van der Waals surface area contributed by atoms with Crippen LogP contribution in [0.4, 0.5) is 5.69 Å². The van der Waals surface area contributed by atoms with Gasteiger partial charge in [-0.3, -0.25) is 9.59 Å². The molecule has 1 rings (SSSR count). The number of benzene rings is 1. The van der Waals surface area contributed by atoms with Crippen molar-refractivity contribution < 1.29 is 24.6 Å². The summed E-state index contributed by atoms with van der Waals surface area (Å²) in [5.74, 6) is -3.02. The molecule has 0 fully saturated rings. The van der Waals surface area contributed by atoms with E-state index in [1.165, 1.54) is 24.0 Å². The molecule has 0 spiro atoms. The molecule has 0 aliphatic heterocycles. The van der Waals surface area contributed by atoms with E-state index in [0.717, 1.165) is 6.42 Å².